The molecule has 0 saturated carbocycles. The first-order chi connectivity index (χ1) is 11.7. The third kappa shape index (κ3) is 4.44. The molecule has 0 bridgehead atoms. The van der Waals surface area contributed by atoms with Crippen LogP contribution in [0.2, 0.25) is 0 Å². The molecule has 2 amide bonds. The van der Waals surface area contributed by atoms with Gasteiger partial charge >= 0.3 is 0 Å². The fraction of sp³-hybridized carbons (Fsp3) is 0.300. The van der Waals surface area contributed by atoms with Crippen LogP contribution in [0.1, 0.15) is 30.9 Å². The molecule has 1 N–H and O–H groups in total. The van der Waals surface area contributed by atoms with Crippen LogP contribution in [0.25, 0.3) is 0 Å². The summed E-state index contributed by atoms with van der Waals surface area (Å²) in [6, 6.07) is 19.2. The summed E-state index contributed by atoms with van der Waals surface area (Å²) >= 11 is 0. The number of benzene rings is 2. The molecule has 0 unspecified atom stereocenters. The van der Waals surface area contributed by atoms with Crippen molar-refractivity contribution in [2.45, 2.75) is 19.8 Å². The van der Waals surface area contributed by atoms with Crippen molar-refractivity contribution >= 4 is 11.8 Å². The fourth-order valence-electron chi connectivity index (χ4n) is 2.74. The highest BCUT2D eigenvalue weighted by Crippen LogP contribution is 2.24. The second-order valence-electron chi connectivity index (χ2n) is 5.54. The smallest absolute Gasteiger partial charge is 0.241 e. The number of rotatable bonds is 7. The second-order valence-corrected chi connectivity index (χ2v) is 5.54. The van der Waals surface area contributed by atoms with Gasteiger partial charge in [0.2, 0.25) is 11.8 Å². The molecule has 0 heterocycles. The first kappa shape index (κ1) is 17.7. The Morgan fingerprint density at radius 1 is 0.875 bits per heavy atom. The second kappa shape index (κ2) is 8.87. The molecule has 0 aromatic heterocycles. The van der Waals surface area contributed by atoms with E-state index in [1.54, 1.807) is 4.90 Å². The molecule has 0 aliphatic carbocycles. The summed E-state index contributed by atoms with van der Waals surface area (Å²) in [6.07, 6.45) is 0. The van der Waals surface area contributed by atoms with Crippen LogP contribution >= 0.6 is 0 Å². The highest BCUT2D eigenvalue weighted by atomic mass is 16.2. The van der Waals surface area contributed by atoms with Gasteiger partial charge in [-0.25, -0.2) is 0 Å². The van der Waals surface area contributed by atoms with Crippen molar-refractivity contribution in [3.8, 4) is 0 Å². The van der Waals surface area contributed by atoms with Gasteiger partial charge in [0.25, 0.3) is 0 Å². The average molecular weight is 324 g/mol. The Labute approximate surface area is 143 Å². The van der Waals surface area contributed by atoms with Crippen molar-refractivity contribution in [1.29, 1.82) is 0 Å². The first-order valence-corrected chi connectivity index (χ1v) is 8.32. The monoisotopic (exact) mass is 324 g/mol. The Morgan fingerprint density at radius 2 is 1.33 bits per heavy atom. The molecular weight excluding hydrogens is 300 g/mol. The zero-order valence-electron chi connectivity index (χ0n) is 14.2. The molecule has 4 heteroatoms. The van der Waals surface area contributed by atoms with E-state index < -0.39 is 5.92 Å². The van der Waals surface area contributed by atoms with Gasteiger partial charge in [-0.2, -0.15) is 0 Å². The number of hydrogen-bond donors (Lipinski definition) is 1. The maximum absolute atomic E-state index is 12.8. The van der Waals surface area contributed by atoms with Gasteiger partial charge in [-0.1, -0.05) is 60.7 Å². The molecule has 0 atom stereocenters. The minimum absolute atomic E-state index is 0.0245. The van der Waals surface area contributed by atoms with Gasteiger partial charge in [0.15, 0.2) is 0 Å². The lowest BCUT2D eigenvalue weighted by atomic mass is 9.90. The molecule has 4 nitrogen and oxygen atoms in total. The molecule has 0 fully saturated rings. The maximum Gasteiger partial charge on any atom is 0.241 e. The van der Waals surface area contributed by atoms with E-state index in [2.05, 4.69) is 5.32 Å². The van der Waals surface area contributed by atoms with Crippen molar-refractivity contribution in [2.75, 3.05) is 19.6 Å². The normalized spacial score (nSPS) is 10.5. The number of carbonyl (C=O) groups is 2. The minimum atomic E-state index is -0.420. The zero-order valence-corrected chi connectivity index (χ0v) is 14.2. The van der Waals surface area contributed by atoms with Crippen LogP contribution < -0.4 is 5.32 Å². The molecule has 0 radical (unpaired) electrons. The first-order valence-electron chi connectivity index (χ1n) is 8.32. The summed E-state index contributed by atoms with van der Waals surface area (Å²) in [6.45, 7) is 5.18. The van der Waals surface area contributed by atoms with Gasteiger partial charge in [-0.15, -0.1) is 0 Å². The fourth-order valence-corrected chi connectivity index (χ4v) is 2.74. The summed E-state index contributed by atoms with van der Waals surface area (Å²) in [7, 11) is 0. The lowest BCUT2D eigenvalue weighted by Gasteiger charge is -2.21. The Morgan fingerprint density at radius 3 is 1.75 bits per heavy atom. The average Bonchev–Trinajstić information content (AvgIpc) is 2.63. The largest absolute Gasteiger partial charge is 0.346 e. The van der Waals surface area contributed by atoms with Crippen molar-refractivity contribution < 1.29 is 9.59 Å². The van der Waals surface area contributed by atoms with E-state index in [4.69, 9.17) is 0 Å². The molecule has 0 aliphatic heterocycles. The van der Waals surface area contributed by atoms with Crippen LogP contribution in [0, 0.1) is 0 Å². The van der Waals surface area contributed by atoms with Crippen LogP contribution in [-0.2, 0) is 9.59 Å². The van der Waals surface area contributed by atoms with E-state index in [9.17, 15) is 9.59 Å². The standard InChI is InChI=1S/C20H24N2O2/c1-3-22(4-2)18(23)15-21-20(24)19(16-11-7-5-8-12-16)17-13-9-6-10-14-17/h5-14,19H,3-4,15H2,1-2H3,(H,21,24). The number of nitrogens with zero attached hydrogens (tertiary/aromatic N) is 1. The molecule has 0 spiro atoms. The van der Waals surface area contributed by atoms with Crippen LogP contribution in [-0.4, -0.2) is 36.3 Å². The van der Waals surface area contributed by atoms with E-state index in [-0.39, 0.29) is 18.4 Å². The molecule has 2 rings (SSSR count). The third-order valence-corrected chi connectivity index (χ3v) is 4.06. The lowest BCUT2D eigenvalue weighted by Crippen LogP contribution is -2.41. The van der Waals surface area contributed by atoms with Gasteiger partial charge < -0.3 is 10.2 Å². The van der Waals surface area contributed by atoms with Crippen LogP contribution in [0.15, 0.2) is 60.7 Å². The van der Waals surface area contributed by atoms with E-state index in [0.717, 1.165) is 11.1 Å². The van der Waals surface area contributed by atoms with Crippen molar-refractivity contribution in [1.82, 2.24) is 10.2 Å². The Hall–Kier alpha value is -2.62. The molecule has 0 aliphatic rings. The number of nitrogens with one attached hydrogen (secondary N) is 1. The summed E-state index contributed by atoms with van der Waals surface area (Å²) < 4.78 is 0. The van der Waals surface area contributed by atoms with Crippen molar-refractivity contribution in [2.24, 2.45) is 0 Å². The summed E-state index contributed by atoms with van der Waals surface area (Å²) in [5.74, 6) is -0.641. The molecule has 0 saturated heterocycles. The molecule has 24 heavy (non-hydrogen) atoms. The molecular formula is C20H24N2O2. The predicted molar refractivity (Wildman–Crippen MR) is 95.7 cm³/mol. The topological polar surface area (TPSA) is 49.4 Å². The zero-order chi connectivity index (χ0) is 17.4. The lowest BCUT2D eigenvalue weighted by molar-refractivity contribution is -0.132. The van der Waals surface area contributed by atoms with Gasteiger partial charge in [0.1, 0.15) is 0 Å². The number of carbonyl (C=O) groups excluding carboxylic acids is 2. The van der Waals surface area contributed by atoms with E-state index in [1.165, 1.54) is 0 Å². The van der Waals surface area contributed by atoms with E-state index in [0.29, 0.717) is 13.1 Å². The SMILES string of the molecule is CCN(CC)C(=O)CNC(=O)C(c1ccccc1)c1ccccc1. The van der Waals surface area contributed by atoms with Gasteiger partial charge in [-0.3, -0.25) is 9.59 Å². The van der Waals surface area contributed by atoms with Crippen LogP contribution in [0.3, 0.4) is 0 Å². The number of hydrogen-bond acceptors (Lipinski definition) is 2. The third-order valence-electron chi connectivity index (χ3n) is 4.06. The van der Waals surface area contributed by atoms with Crippen LogP contribution in [0.4, 0.5) is 0 Å². The minimum Gasteiger partial charge on any atom is -0.346 e. The van der Waals surface area contributed by atoms with E-state index in [1.807, 2.05) is 74.5 Å². The highest BCUT2D eigenvalue weighted by molar-refractivity contribution is 5.90. The Balaban J connectivity index is 2.16. The number of amides is 2. The Kier molecular flexibility index (Phi) is 6.55. The van der Waals surface area contributed by atoms with Crippen LogP contribution in [0.5, 0.6) is 0 Å². The van der Waals surface area contributed by atoms with Crippen molar-refractivity contribution in [3.05, 3.63) is 71.8 Å². The maximum atomic E-state index is 12.8. The highest BCUT2D eigenvalue weighted by Gasteiger charge is 2.23. The number of likely N-dealkylation sites (N-methyl/N-ethyl adjacent to an activating group) is 1. The predicted octanol–water partition coefficient (Wildman–Crippen LogP) is 2.80. The molecule has 2 aromatic rings. The quantitative estimate of drug-likeness (QED) is 0.851. The summed E-state index contributed by atoms with van der Waals surface area (Å²) in [5.41, 5.74) is 1.83. The molecule has 2 aromatic carbocycles. The van der Waals surface area contributed by atoms with E-state index >= 15 is 0 Å². The van der Waals surface area contributed by atoms with Crippen molar-refractivity contribution in [3.63, 3.8) is 0 Å². The van der Waals surface area contributed by atoms with Gasteiger partial charge in [0.05, 0.1) is 12.5 Å². The summed E-state index contributed by atoms with van der Waals surface area (Å²) in [4.78, 5) is 26.6. The van der Waals surface area contributed by atoms with Gasteiger partial charge in [-0.05, 0) is 25.0 Å². The molecule has 126 valence electrons. The van der Waals surface area contributed by atoms with Gasteiger partial charge in [0, 0.05) is 13.1 Å². The Bertz CT molecular complexity index is 612. The summed E-state index contributed by atoms with van der Waals surface area (Å²) in [5, 5.41) is 2.80.